The molecule has 0 spiro atoms. The van der Waals surface area contributed by atoms with Crippen LogP contribution in [-0.2, 0) is 6.54 Å². The first-order chi connectivity index (χ1) is 9.63. The fourth-order valence-corrected chi connectivity index (χ4v) is 2.20. The molecule has 1 aromatic heterocycles. The number of rotatable bonds is 6. The molecule has 0 radical (unpaired) electrons. The van der Waals surface area contributed by atoms with Crippen LogP contribution in [0.5, 0.6) is 5.75 Å². The molecule has 0 aliphatic heterocycles. The minimum atomic E-state index is -0.723. The highest BCUT2D eigenvalue weighted by molar-refractivity contribution is 5.38. The lowest BCUT2D eigenvalue weighted by atomic mass is 10.1. The molecule has 0 saturated heterocycles. The summed E-state index contributed by atoms with van der Waals surface area (Å²) >= 11 is 0. The Morgan fingerprint density at radius 3 is 2.70 bits per heavy atom. The molecule has 2 rings (SSSR count). The average Bonchev–Trinajstić information content (AvgIpc) is 2.86. The van der Waals surface area contributed by atoms with E-state index in [1.165, 1.54) is 0 Å². The number of aromatic nitrogens is 2. The zero-order chi connectivity index (χ0) is 14.5. The van der Waals surface area contributed by atoms with Crippen molar-refractivity contribution in [3.63, 3.8) is 0 Å². The molecular formula is C16H22N2O2. The van der Waals surface area contributed by atoms with Gasteiger partial charge in [-0.15, -0.1) is 0 Å². The third-order valence-electron chi connectivity index (χ3n) is 3.04. The molecule has 0 saturated carbocycles. The highest BCUT2D eigenvalue weighted by atomic mass is 16.5. The first kappa shape index (κ1) is 14.6. The van der Waals surface area contributed by atoms with Gasteiger partial charge >= 0.3 is 0 Å². The van der Waals surface area contributed by atoms with E-state index in [1.54, 1.807) is 6.20 Å². The van der Waals surface area contributed by atoms with Gasteiger partial charge in [0, 0.05) is 18.3 Å². The monoisotopic (exact) mass is 274 g/mol. The first-order valence-corrected chi connectivity index (χ1v) is 7.08. The summed E-state index contributed by atoms with van der Waals surface area (Å²) in [5.74, 6) is 0.722. The molecule has 4 nitrogen and oxygen atoms in total. The molecule has 0 amide bonds. The van der Waals surface area contributed by atoms with E-state index in [0.717, 1.165) is 30.0 Å². The van der Waals surface area contributed by atoms with Gasteiger partial charge in [-0.3, -0.25) is 4.68 Å². The summed E-state index contributed by atoms with van der Waals surface area (Å²) in [6, 6.07) is 9.46. The number of nitrogens with zero attached hydrogens (tertiary/aromatic N) is 2. The second kappa shape index (κ2) is 6.57. The summed E-state index contributed by atoms with van der Waals surface area (Å²) in [5, 5.41) is 14.9. The quantitative estimate of drug-likeness (QED) is 0.880. The molecule has 20 heavy (non-hydrogen) atoms. The molecule has 1 unspecified atom stereocenters. The minimum absolute atomic E-state index is 0.0731. The number of aryl methyl sites for hydroxylation is 1. The molecule has 108 valence electrons. The molecule has 0 bridgehead atoms. The smallest absolute Gasteiger partial charge is 0.125 e. The van der Waals surface area contributed by atoms with Crippen molar-refractivity contribution >= 4 is 0 Å². The SMILES string of the molecule is CCCn1nccc1C(O)c1ccccc1OC(C)C. The van der Waals surface area contributed by atoms with E-state index in [0.29, 0.717) is 0 Å². The molecule has 0 fully saturated rings. The zero-order valence-electron chi connectivity index (χ0n) is 12.3. The van der Waals surface area contributed by atoms with Crippen LogP contribution in [0.3, 0.4) is 0 Å². The van der Waals surface area contributed by atoms with Crippen LogP contribution in [0.4, 0.5) is 0 Å². The van der Waals surface area contributed by atoms with Crippen molar-refractivity contribution in [1.29, 1.82) is 0 Å². The summed E-state index contributed by atoms with van der Waals surface area (Å²) in [6.45, 7) is 6.84. The van der Waals surface area contributed by atoms with Gasteiger partial charge < -0.3 is 9.84 Å². The second-order valence-corrected chi connectivity index (χ2v) is 5.09. The molecule has 1 atom stereocenters. The summed E-state index contributed by atoms with van der Waals surface area (Å²) in [5.41, 5.74) is 1.57. The largest absolute Gasteiger partial charge is 0.491 e. The maximum atomic E-state index is 10.6. The normalized spacial score (nSPS) is 12.7. The standard InChI is InChI=1S/C16H22N2O2/c1-4-11-18-14(9-10-17-18)16(19)13-7-5-6-8-15(13)20-12(2)3/h5-10,12,16,19H,4,11H2,1-3H3. The van der Waals surface area contributed by atoms with E-state index in [9.17, 15) is 5.11 Å². The molecule has 1 N–H and O–H groups in total. The van der Waals surface area contributed by atoms with E-state index in [2.05, 4.69) is 12.0 Å². The van der Waals surface area contributed by atoms with E-state index >= 15 is 0 Å². The van der Waals surface area contributed by atoms with Crippen molar-refractivity contribution in [3.05, 3.63) is 47.8 Å². The number of hydrogen-bond donors (Lipinski definition) is 1. The Labute approximate surface area is 120 Å². The Morgan fingerprint density at radius 2 is 2.00 bits per heavy atom. The lowest BCUT2D eigenvalue weighted by molar-refractivity contribution is 0.189. The van der Waals surface area contributed by atoms with Gasteiger partial charge in [0.05, 0.1) is 11.8 Å². The number of aliphatic hydroxyl groups is 1. The zero-order valence-corrected chi connectivity index (χ0v) is 12.3. The van der Waals surface area contributed by atoms with Gasteiger partial charge in [-0.1, -0.05) is 25.1 Å². The maximum Gasteiger partial charge on any atom is 0.125 e. The van der Waals surface area contributed by atoms with Crippen molar-refractivity contribution in [2.24, 2.45) is 0 Å². The van der Waals surface area contributed by atoms with Crippen molar-refractivity contribution in [3.8, 4) is 5.75 Å². The number of para-hydroxylation sites is 1. The first-order valence-electron chi connectivity index (χ1n) is 7.08. The Kier molecular flexibility index (Phi) is 4.79. The van der Waals surface area contributed by atoms with E-state index in [1.807, 2.05) is 48.9 Å². The second-order valence-electron chi connectivity index (χ2n) is 5.09. The Bertz CT molecular complexity index is 549. The summed E-state index contributed by atoms with van der Waals surface area (Å²) < 4.78 is 7.62. The van der Waals surface area contributed by atoms with Gasteiger partial charge in [0.1, 0.15) is 11.9 Å². The molecular weight excluding hydrogens is 252 g/mol. The van der Waals surface area contributed by atoms with Crippen LogP contribution in [0.15, 0.2) is 36.5 Å². The fraction of sp³-hybridized carbons (Fsp3) is 0.438. The molecule has 2 aromatic rings. The molecule has 1 heterocycles. The number of ether oxygens (including phenoxy) is 1. The van der Waals surface area contributed by atoms with Crippen molar-refractivity contribution in [1.82, 2.24) is 9.78 Å². The van der Waals surface area contributed by atoms with Crippen molar-refractivity contribution < 1.29 is 9.84 Å². The van der Waals surface area contributed by atoms with Crippen molar-refractivity contribution in [2.45, 2.75) is 45.9 Å². The van der Waals surface area contributed by atoms with Crippen molar-refractivity contribution in [2.75, 3.05) is 0 Å². The predicted octanol–water partition coefficient (Wildman–Crippen LogP) is 3.16. The van der Waals surface area contributed by atoms with Crippen LogP contribution >= 0.6 is 0 Å². The highest BCUT2D eigenvalue weighted by Crippen LogP contribution is 2.30. The van der Waals surface area contributed by atoms with Gasteiger partial charge in [-0.2, -0.15) is 5.10 Å². The Morgan fingerprint density at radius 1 is 1.25 bits per heavy atom. The topological polar surface area (TPSA) is 47.3 Å². The highest BCUT2D eigenvalue weighted by Gasteiger charge is 2.19. The van der Waals surface area contributed by atoms with Crippen LogP contribution < -0.4 is 4.74 Å². The van der Waals surface area contributed by atoms with Gasteiger partial charge in [-0.05, 0) is 32.4 Å². The molecule has 0 aliphatic rings. The molecule has 1 aromatic carbocycles. The summed E-state index contributed by atoms with van der Waals surface area (Å²) in [4.78, 5) is 0. The Balaban J connectivity index is 2.32. The van der Waals surface area contributed by atoms with Gasteiger partial charge in [0.25, 0.3) is 0 Å². The van der Waals surface area contributed by atoms with E-state index in [-0.39, 0.29) is 6.10 Å². The van der Waals surface area contributed by atoms with Crippen LogP contribution in [0.2, 0.25) is 0 Å². The van der Waals surface area contributed by atoms with Crippen LogP contribution in [0.25, 0.3) is 0 Å². The van der Waals surface area contributed by atoms with Gasteiger partial charge in [-0.25, -0.2) is 0 Å². The van der Waals surface area contributed by atoms with Gasteiger partial charge in [0.15, 0.2) is 0 Å². The van der Waals surface area contributed by atoms with Crippen LogP contribution in [0.1, 0.15) is 44.6 Å². The third kappa shape index (κ3) is 3.20. The minimum Gasteiger partial charge on any atom is -0.491 e. The number of hydrogen-bond acceptors (Lipinski definition) is 3. The lowest BCUT2D eigenvalue weighted by Crippen LogP contribution is -2.13. The van der Waals surface area contributed by atoms with Gasteiger partial charge in [0.2, 0.25) is 0 Å². The van der Waals surface area contributed by atoms with E-state index in [4.69, 9.17) is 4.74 Å². The van der Waals surface area contributed by atoms with E-state index < -0.39 is 6.10 Å². The maximum absolute atomic E-state index is 10.6. The fourth-order valence-electron chi connectivity index (χ4n) is 2.20. The number of aliphatic hydroxyl groups excluding tert-OH is 1. The number of benzene rings is 1. The van der Waals surface area contributed by atoms with Crippen LogP contribution in [-0.4, -0.2) is 21.0 Å². The van der Waals surface area contributed by atoms with Crippen LogP contribution in [0, 0.1) is 0 Å². The lowest BCUT2D eigenvalue weighted by Gasteiger charge is -2.19. The predicted molar refractivity (Wildman–Crippen MR) is 78.8 cm³/mol. The summed E-state index contributed by atoms with van der Waals surface area (Å²) in [6.07, 6.45) is 2.05. The Hall–Kier alpha value is -1.81. The third-order valence-corrected chi connectivity index (χ3v) is 3.04. The summed E-state index contributed by atoms with van der Waals surface area (Å²) in [7, 11) is 0. The molecule has 0 aliphatic carbocycles. The molecule has 4 heteroatoms. The average molecular weight is 274 g/mol.